The molecule has 1 N–H and O–H groups in total. The SMILES string of the molecule is O=C(C1CC(F)(F)CN1)N1CCC(OCc2ccc(F)cc2)CC1. The Morgan fingerprint density at radius 1 is 1.25 bits per heavy atom. The van der Waals surface area contributed by atoms with Crippen molar-refractivity contribution >= 4 is 5.91 Å². The predicted octanol–water partition coefficient (Wildman–Crippen LogP) is 2.33. The van der Waals surface area contributed by atoms with E-state index in [-0.39, 0.29) is 17.8 Å². The van der Waals surface area contributed by atoms with Crippen molar-refractivity contribution in [3.63, 3.8) is 0 Å². The van der Waals surface area contributed by atoms with Crippen LogP contribution in [0.4, 0.5) is 13.2 Å². The second-order valence-corrected chi connectivity index (χ2v) is 6.46. The summed E-state index contributed by atoms with van der Waals surface area (Å²) >= 11 is 0. The number of ether oxygens (including phenoxy) is 1. The number of nitrogens with zero attached hydrogens (tertiary/aromatic N) is 1. The minimum Gasteiger partial charge on any atom is -0.373 e. The Morgan fingerprint density at radius 3 is 2.50 bits per heavy atom. The molecule has 1 amide bonds. The molecule has 1 aromatic carbocycles. The molecule has 0 saturated carbocycles. The van der Waals surface area contributed by atoms with Crippen LogP contribution in [-0.4, -0.2) is 48.5 Å². The molecule has 0 aliphatic carbocycles. The number of alkyl halides is 2. The predicted molar refractivity (Wildman–Crippen MR) is 82.1 cm³/mol. The zero-order chi connectivity index (χ0) is 17.2. The van der Waals surface area contributed by atoms with Crippen LogP contribution in [0.1, 0.15) is 24.8 Å². The van der Waals surface area contributed by atoms with Gasteiger partial charge in [0.2, 0.25) is 5.91 Å². The van der Waals surface area contributed by atoms with E-state index in [4.69, 9.17) is 4.74 Å². The van der Waals surface area contributed by atoms with E-state index in [1.807, 2.05) is 0 Å². The van der Waals surface area contributed by atoms with Crippen LogP contribution >= 0.6 is 0 Å². The van der Waals surface area contributed by atoms with Crippen LogP contribution in [0.25, 0.3) is 0 Å². The number of halogens is 3. The molecular formula is C17H21F3N2O2. The second-order valence-electron chi connectivity index (χ2n) is 6.46. The zero-order valence-electron chi connectivity index (χ0n) is 13.3. The Bertz CT molecular complexity index is 572. The van der Waals surface area contributed by atoms with Gasteiger partial charge in [-0.1, -0.05) is 12.1 Å². The van der Waals surface area contributed by atoms with Gasteiger partial charge in [-0.05, 0) is 30.5 Å². The van der Waals surface area contributed by atoms with E-state index in [1.54, 1.807) is 17.0 Å². The first-order valence-electron chi connectivity index (χ1n) is 8.19. The largest absolute Gasteiger partial charge is 0.373 e. The summed E-state index contributed by atoms with van der Waals surface area (Å²) < 4.78 is 45.0. The van der Waals surface area contributed by atoms with Crippen LogP contribution in [0.15, 0.2) is 24.3 Å². The Balaban J connectivity index is 1.42. The van der Waals surface area contributed by atoms with Crippen molar-refractivity contribution in [3.05, 3.63) is 35.6 Å². The number of piperidine rings is 1. The van der Waals surface area contributed by atoms with Crippen LogP contribution in [0.5, 0.6) is 0 Å². The molecule has 1 unspecified atom stereocenters. The third kappa shape index (κ3) is 4.27. The molecule has 132 valence electrons. The molecule has 24 heavy (non-hydrogen) atoms. The van der Waals surface area contributed by atoms with Crippen molar-refractivity contribution < 1.29 is 22.7 Å². The minimum absolute atomic E-state index is 0.0251. The summed E-state index contributed by atoms with van der Waals surface area (Å²) in [7, 11) is 0. The molecule has 0 spiro atoms. The summed E-state index contributed by atoms with van der Waals surface area (Å²) in [6, 6.07) is 5.37. The molecule has 1 aromatic rings. The lowest BCUT2D eigenvalue weighted by molar-refractivity contribution is -0.136. The minimum atomic E-state index is -2.79. The van der Waals surface area contributed by atoms with Gasteiger partial charge in [-0.2, -0.15) is 0 Å². The van der Waals surface area contributed by atoms with E-state index in [0.717, 1.165) is 5.56 Å². The molecule has 2 fully saturated rings. The number of nitrogens with one attached hydrogen (secondary N) is 1. The lowest BCUT2D eigenvalue weighted by atomic mass is 10.1. The smallest absolute Gasteiger partial charge is 0.262 e. The molecule has 2 heterocycles. The maximum atomic E-state index is 13.2. The Hall–Kier alpha value is -1.60. The lowest BCUT2D eigenvalue weighted by Crippen LogP contribution is -2.48. The third-order valence-corrected chi connectivity index (χ3v) is 4.56. The highest BCUT2D eigenvalue weighted by molar-refractivity contribution is 5.82. The van der Waals surface area contributed by atoms with E-state index in [0.29, 0.717) is 32.5 Å². The van der Waals surface area contributed by atoms with Gasteiger partial charge in [-0.25, -0.2) is 13.2 Å². The van der Waals surface area contributed by atoms with E-state index < -0.39 is 24.9 Å². The molecule has 2 aliphatic rings. The first-order valence-corrected chi connectivity index (χ1v) is 8.19. The van der Waals surface area contributed by atoms with Gasteiger partial charge < -0.3 is 9.64 Å². The number of hydrogen-bond acceptors (Lipinski definition) is 3. The molecule has 3 rings (SSSR count). The van der Waals surface area contributed by atoms with Crippen molar-refractivity contribution in [2.45, 2.75) is 43.9 Å². The van der Waals surface area contributed by atoms with Gasteiger partial charge >= 0.3 is 0 Å². The van der Waals surface area contributed by atoms with Crippen molar-refractivity contribution in [2.24, 2.45) is 0 Å². The topological polar surface area (TPSA) is 41.6 Å². The van der Waals surface area contributed by atoms with Gasteiger partial charge in [0.1, 0.15) is 5.82 Å². The van der Waals surface area contributed by atoms with Crippen molar-refractivity contribution in [1.29, 1.82) is 0 Å². The van der Waals surface area contributed by atoms with Gasteiger partial charge in [-0.15, -0.1) is 0 Å². The first-order chi connectivity index (χ1) is 11.4. The highest BCUT2D eigenvalue weighted by Crippen LogP contribution is 2.27. The summed E-state index contributed by atoms with van der Waals surface area (Å²) in [5.41, 5.74) is 0.896. The van der Waals surface area contributed by atoms with Crippen molar-refractivity contribution in [3.8, 4) is 0 Å². The highest BCUT2D eigenvalue weighted by Gasteiger charge is 2.43. The van der Waals surface area contributed by atoms with Gasteiger partial charge in [-0.3, -0.25) is 10.1 Å². The van der Waals surface area contributed by atoms with E-state index in [9.17, 15) is 18.0 Å². The summed E-state index contributed by atoms with van der Waals surface area (Å²) in [6.45, 7) is 0.989. The maximum Gasteiger partial charge on any atom is 0.262 e. The number of carbonyl (C=O) groups is 1. The quantitative estimate of drug-likeness (QED) is 0.913. The molecule has 2 saturated heterocycles. The molecule has 7 heteroatoms. The third-order valence-electron chi connectivity index (χ3n) is 4.56. The molecule has 0 radical (unpaired) electrons. The van der Waals surface area contributed by atoms with Crippen LogP contribution < -0.4 is 5.32 Å². The lowest BCUT2D eigenvalue weighted by Gasteiger charge is -2.33. The summed E-state index contributed by atoms with van der Waals surface area (Å²) in [4.78, 5) is 13.9. The summed E-state index contributed by atoms with van der Waals surface area (Å²) in [5, 5.41) is 2.60. The Labute approximate surface area is 139 Å². The number of hydrogen-bond donors (Lipinski definition) is 1. The van der Waals surface area contributed by atoms with E-state index in [2.05, 4.69) is 5.32 Å². The Kier molecular flexibility index (Phi) is 5.10. The summed E-state index contributed by atoms with van der Waals surface area (Å²) in [5.74, 6) is -3.32. The monoisotopic (exact) mass is 342 g/mol. The van der Waals surface area contributed by atoms with Crippen LogP contribution in [0.3, 0.4) is 0 Å². The van der Waals surface area contributed by atoms with Crippen LogP contribution in [-0.2, 0) is 16.1 Å². The molecule has 0 aromatic heterocycles. The second kappa shape index (κ2) is 7.11. The number of likely N-dealkylation sites (tertiary alicyclic amines) is 1. The standard InChI is InChI=1S/C17H21F3N2O2/c18-13-3-1-12(2-4-13)10-24-14-5-7-22(8-6-14)16(23)15-9-17(19,20)11-21-15/h1-4,14-15,21H,5-11H2. The van der Waals surface area contributed by atoms with Crippen LogP contribution in [0, 0.1) is 5.82 Å². The number of amides is 1. The number of rotatable bonds is 4. The fraction of sp³-hybridized carbons (Fsp3) is 0.588. The molecule has 1 atom stereocenters. The van der Waals surface area contributed by atoms with Gasteiger partial charge in [0.05, 0.1) is 25.3 Å². The maximum absolute atomic E-state index is 13.2. The van der Waals surface area contributed by atoms with Gasteiger partial charge in [0.15, 0.2) is 0 Å². The first kappa shape index (κ1) is 17.2. The molecular weight excluding hydrogens is 321 g/mol. The molecule has 2 aliphatic heterocycles. The van der Waals surface area contributed by atoms with Gasteiger partial charge in [0, 0.05) is 19.5 Å². The van der Waals surface area contributed by atoms with E-state index >= 15 is 0 Å². The number of carbonyl (C=O) groups excluding carboxylic acids is 1. The summed E-state index contributed by atoms with van der Waals surface area (Å²) in [6.07, 6.45) is 0.955. The highest BCUT2D eigenvalue weighted by atomic mass is 19.3. The fourth-order valence-corrected chi connectivity index (χ4v) is 3.15. The molecule has 0 bridgehead atoms. The fourth-order valence-electron chi connectivity index (χ4n) is 3.15. The van der Waals surface area contributed by atoms with Crippen LogP contribution in [0.2, 0.25) is 0 Å². The van der Waals surface area contributed by atoms with Crippen molar-refractivity contribution in [2.75, 3.05) is 19.6 Å². The van der Waals surface area contributed by atoms with Crippen molar-refractivity contribution in [1.82, 2.24) is 10.2 Å². The van der Waals surface area contributed by atoms with E-state index in [1.165, 1.54) is 12.1 Å². The Morgan fingerprint density at radius 2 is 1.92 bits per heavy atom. The normalized spacial score (nSPS) is 24.3. The zero-order valence-corrected chi connectivity index (χ0v) is 13.3. The molecule has 4 nitrogen and oxygen atoms in total. The number of benzene rings is 1. The average molecular weight is 342 g/mol. The van der Waals surface area contributed by atoms with Gasteiger partial charge in [0.25, 0.3) is 5.92 Å². The average Bonchev–Trinajstić information content (AvgIpc) is 2.94.